The van der Waals surface area contributed by atoms with E-state index >= 15 is 0 Å². The summed E-state index contributed by atoms with van der Waals surface area (Å²) in [5, 5.41) is 18.6. The molecular formula is C9H10N4O4S2. The van der Waals surface area contributed by atoms with Crippen LogP contribution in [0.5, 0.6) is 0 Å². The minimum absolute atomic E-state index is 0.106. The van der Waals surface area contributed by atoms with Crippen molar-refractivity contribution in [2.45, 2.75) is 13.8 Å². The largest absolute Gasteiger partial charge is 0.580 e. The molecule has 0 bridgehead atoms. The van der Waals surface area contributed by atoms with Gasteiger partial charge in [-0.3, -0.25) is 0 Å². The molecule has 0 aromatic carbocycles. The first-order chi connectivity index (χ1) is 8.95. The summed E-state index contributed by atoms with van der Waals surface area (Å²) in [6.07, 6.45) is 0. The van der Waals surface area contributed by atoms with E-state index < -0.39 is 16.6 Å². The lowest BCUT2D eigenvalue weighted by atomic mass is 10.4. The number of nitrogens with zero attached hydrogens (tertiary/aromatic N) is 4. The van der Waals surface area contributed by atoms with Crippen LogP contribution in [0, 0.1) is 13.8 Å². The molecule has 0 amide bonds. The Morgan fingerprint density at radius 3 is 2.37 bits per heavy atom. The van der Waals surface area contributed by atoms with Crippen LogP contribution in [0.25, 0.3) is 0 Å². The maximum Gasteiger partial charge on any atom is 0.580 e. The average molecular weight is 302 g/mol. The van der Waals surface area contributed by atoms with Crippen LogP contribution in [0.2, 0.25) is 0 Å². The molecule has 102 valence electrons. The van der Waals surface area contributed by atoms with Crippen molar-refractivity contribution in [3.05, 3.63) is 21.6 Å². The van der Waals surface area contributed by atoms with Crippen molar-refractivity contribution in [3.8, 4) is 0 Å². The van der Waals surface area contributed by atoms with Gasteiger partial charge in [0.05, 0.1) is 28.1 Å². The lowest BCUT2D eigenvalue weighted by Gasteiger charge is -1.93. The van der Waals surface area contributed by atoms with E-state index in [1.54, 1.807) is 19.2 Å². The third-order valence-electron chi connectivity index (χ3n) is 1.74. The number of carbonyl (C=O) groups excluding carboxylic acids is 2. The summed E-state index contributed by atoms with van der Waals surface area (Å²) in [6, 6.07) is 0. The number of carboxylic acid groups (broad SMARTS) is 1. The number of carboxylic acids is 1. The molecule has 2 aromatic heterocycles. The summed E-state index contributed by atoms with van der Waals surface area (Å²) < 4.78 is 11.5. The van der Waals surface area contributed by atoms with Gasteiger partial charge < -0.3 is 14.6 Å². The second-order valence-electron chi connectivity index (χ2n) is 3.18. The van der Waals surface area contributed by atoms with Gasteiger partial charge in [0.1, 0.15) is 5.69 Å². The average Bonchev–Trinajstić information content (AvgIpc) is 2.97. The second-order valence-corrected chi connectivity index (χ2v) is 5.30. The number of methoxy groups -OCH3 is 1. The highest BCUT2D eigenvalue weighted by Gasteiger charge is 2.21. The predicted molar refractivity (Wildman–Crippen MR) is 66.0 cm³/mol. The van der Waals surface area contributed by atoms with Gasteiger partial charge in [-0.05, 0) is 25.4 Å². The fourth-order valence-corrected chi connectivity index (χ4v) is 2.36. The van der Waals surface area contributed by atoms with Crippen LogP contribution in [0.4, 0.5) is 4.79 Å². The molecule has 2 heterocycles. The topological polar surface area (TPSA) is 118 Å². The van der Waals surface area contributed by atoms with Crippen molar-refractivity contribution in [1.82, 2.24) is 19.2 Å². The smallest absolute Gasteiger partial charge is 0.544 e. The first-order valence-electron chi connectivity index (χ1n) is 4.87. The van der Waals surface area contributed by atoms with Crippen molar-refractivity contribution >= 4 is 33.5 Å². The Labute approximate surface area is 115 Å². The molecule has 0 fully saturated rings. The standard InChI is InChI=1S/C5H7N2O2S.C4H4N2O2S/c1-4-3-10(7-6-4)5(8)9-2;1-2-3(4(7)8)9-6-5-2/h3H,1-2H3;1H3,(H,7,8)/q+1;/p-1. The maximum absolute atomic E-state index is 10.8. The summed E-state index contributed by atoms with van der Waals surface area (Å²) in [5.74, 6) is -1.21. The van der Waals surface area contributed by atoms with E-state index in [1.807, 2.05) is 0 Å². The lowest BCUT2D eigenvalue weighted by Crippen LogP contribution is -2.21. The third-order valence-corrected chi connectivity index (χ3v) is 3.88. The normalized spacial score (nSPS) is 10.4. The van der Waals surface area contributed by atoms with Gasteiger partial charge in [0, 0.05) is 0 Å². The lowest BCUT2D eigenvalue weighted by molar-refractivity contribution is -0.254. The van der Waals surface area contributed by atoms with Gasteiger partial charge in [0.15, 0.2) is 0 Å². The van der Waals surface area contributed by atoms with Crippen molar-refractivity contribution in [2.75, 3.05) is 7.11 Å². The van der Waals surface area contributed by atoms with Gasteiger partial charge in [0.2, 0.25) is 16.0 Å². The van der Waals surface area contributed by atoms with Crippen LogP contribution in [-0.2, 0) is 4.74 Å². The molecule has 19 heavy (non-hydrogen) atoms. The summed E-state index contributed by atoms with van der Waals surface area (Å²) >= 11 is 0.834. The van der Waals surface area contributed by atoms with Gasteiger partial charge in [-0.1, -0.05) is 4.49 Å². The minimum atomic E-state index is -1.21. The van der Waals surface area contributed by atoms with E-state index in [1.165, 1.54) is 7.11 Å². The molecule has 0 saturated carbocycles. The van der Waals surface area contributed by atoms with Crippen LogP contribution < -0.4 is 5.11 Å². The summed E-state index contributed by atoms with van der Waals surface area (Å²) in [5.41, 5.74) is 1.19. The molecule has 2 aromatic rings. The Balaban J connectivity index is 0.000000191. The molecule has 8 nitrogen and oxygen atoms in total. The van der Waals surface area contributed by atoms with E-state index in [9.17, 15) is 14.7 Å². The van der Waals surface area contributed by atoms with Crippen LogP contribution in [-0.4, -0.2) is 37.6 Å². The molecule has 2 rings (SSSR count). The molecule has 0 aliphatic carbocycles. The number of hydrogen-bond donors (Lipinski definition) is 0. The molecular weight excluding hydrogens is 292 g/mol. The summed E-state index contributed by atoms with van der Waals surface area (Å²) in [6.45, 7) is 3.37. The van der Waals surface area contributed by atoms with Crippen molar-refractivity contribution in [2.24, 2.45) is 0 Å². The Morgan fingerprint density at radius 2 is 2.05 bits per heavy atom. The Bertz CT molecular complexity index is 580. The Hall–Kier alpha value is -1.94. The number of ether oxygens (including phenoxy) is 1. The zero-order valence-electron chi connectivity index (χ0n) is 10.3. The molecule has 10 heteroatoms. The van der Waals surface area contributed by atoms with Crippen LogP contribution in [0.3, 0.4) is 0 Å². The molecule has 0 aliphatic rings. The monoisotopic (exact) mass is 302 g/mol. The van der Waals surface area contributed by atoms with Gasteiger partial charge in [-0.15, -0.1) is 10.2 Å². The van der Waals surface area contributed by atoms with Crippen LogP contribution in [0.1, 0.15) is 21.1 Å². The Morgan fingerprint density at radius 1 is 1.37 bits per heavy atom. The third kappa shape index (κ3) is 4.34. The fraction of sp³-hybridized carbons (Fsp3) is 0.333. The first kappa shape index (κ1) is 15.1. The first-order valence-corrected chi connectivity index (χ1v) is 6.89. The van der Waals surface area contributed by atoms with Crippen LogP contribution >= 0.6 is 22.2 Å². The quantitative estimate of drug-likeness (QED) is 0.576. The molecule has 1 atom stereocenters. The highest BCUT2D eigenvalue weighted by atomic mass is 32.2. The molecule has 1 unspecified atom stereocenters. The van der Waals surface area contributed by atoms with Gasteiger partial charge >= 0.3 is 5.30 Å². The number of carbonyl (C=O) groups is 2. The zero-order chi connectivity index (χ0) is 14.4. The number of aryl methyl sites for hydroxylation is 2. The van der Waals surface area contributed by atoms with E-state index in [0.29, 0.717) is 5.69 Å². The SMILES string of the molecule is COC(=O)[s+]1cc(C)nn1.Cc1nnsc1C(=O)[O-]. The fourth-order valence-electron chi connectivity index (χ4n) is 0.903. The van der Waals surface area contributed by atoms with Crippen molar-refractivity contribution < 1.29 is 19.4 Å². The maximum atomic E-state index is 10.8. The van der Waals surface area contributed by atoms with E-state index in [4.69, 9.17) is 0 Å². The molecule has 0 saturated heterocycles. The second kappa shape index (κ2) is 6.85. The van der Waals surface area contributed by atoms with Crippen LogP contribution in [0.15, 0.2) is 5.38 Å². The minimum Gasteiger partial charge on any atom is -0.544 e. The van der Waals surface area contributed by atoms with E-state index in [2.05, 4.69) is 23.9 Å². The highest BCUT2D eigenvalue weighted by Crippen LogP contribution is 2.14. The molecule has 0 N–H and O–H groups in total. The number of aromatic carboxylic acids is 1. The van der Waals surface area contributed by atoms with Gasteiger partial charge in [0.25, 0.3) is 0 Å². The number of rotatable bonds is 2. The van der Waals surface area contributed by atoms with Gasteiger partial charge in [-0.2, -0.15) is 4.79 Å². The summed E-state index contributed by atoms with van der Waals surface area (Å²) in [7, 11) is 0.573. The molecule has 0 aliphatic heterocycles. The van der Waals surface area contributed by atoms with E-state index in [-0.39, 0.29) is 10.2 Å². The number of hydrogen-bond acceptors (Lipinski definition) is 9. The number of aromatic nitrogens is 4. The van der Waals surface area contributed by atoms with Crippen molar-refractivity contribution in [3.63, 3.8) is 0 Å². The molecule has 0 spiro atoms. The highest BCUT2D eigenvalue weighted by molar-refractivity contribution is 7.45. The predicted octanol–water partition coefficient (Wildman–Crippen LogP) is 0.359. The summed E-state index contributed by atoms with van der Waals surface area (Å²) in [4.78, 5) is 21.0. The Kier molecular flexibility index (Phi) is 5.45. The van der Waals surface area contributed by atoms with Crippen molar-refractivity contribution in [1.29, 1.82) is 0 Å². The molecule has 0 radical (unpaired) electrons. The van der Waals surface area contributed by atoms with E-state index in [0.717, 1.165) is 17.2 Å². The zero-order valence-corrected chi connectivity index (χ0v) is 11.9. The van der Waals surface area contributed by atoms with Gasteiger partial charge in [-0.25, -0.2) is 0 Å².